The zero-order chi connectivity index (χ0) is 45.5. The topological polar surface area (TPSA) is 121 Å². The lowest BCUT2D eigenvalue weighted by molar-refractivity contribution is -0.121. The number of halogens is 2. The fourth-order valence-corrected chi connectivity index (χ4v) is 9.46. The van der Waals surface area contributed by atoms with Crippen LogP contribution in [0.3, 0.4) is 0 Å². The van der Waals surface area contributed by atoms with Crippen LogP contribution in [-0.4, -0.2) is 75.8 Å². The van der Waals surface area contributed by atoms with Crippen molar-refractivity contribution >= 4 is 84.8 Å². The van der Waals surface area contributed by atoms with Crippen molar-refractivity contribution in [1.82, 2.24) is 19.8 Å². The van der Waals surface area contributed by atoms with Crippen LogP contribution in [0.2, 0.25) is 55.4 Å². The van der Waals surface area contributed by atoms with E-state index < -0.39 is 16.1 Å². The summed E-state index contributed by atoms with van der Waals surface area (Å²) in [5.74, 6) is 0.975. The average Bonchev–Trinajstić information content (AvgIpc) is 3.65. The Morgan fingerprint density at radius 3 is 1.35 bits per heavy atom. The van der Waals surface area contributed by atoms with E-state index in [1.165, 1.54) is 6.04 Å². The van der Waals surface area contributed by atoms with Crippen LogP contribution in [0.4, 0.5) is 0 Å². The number of hydrogen-bond donors (Lipinski definition) is 2. The molecule has 2 N–H and O–H groups in total. The number of nitrogens with zero attached hydrogens (tertiary/aromatic N) is 2. The highest BCUT2D eigenvalue weighted by Gasteiger charge is 2.24. The Bertz CT molecular complexity index is 2590. The monoisotopic (exact) mass is 912 g/mol. The molecule has 328 valence electrons. The highest BCUT2D eigenvalue weighted by atomic mass is 35.5. The number of ether oxygens (including phenoxy) is 2. The fourth-order valence-electron chi connectivity index (χ4n) is 7.25. The molecule has 0 radical (unpaired) electrons. The van der Waals surface area contributed by atoms with Gasteiger partial charge < -0.3 is 20.1 Å². The van der Waals surface area contributed by atoms with Crippen LogP contribution in [0.25, 0.3) is 21.8 Å². The summed E-state index contributed by atoms with van der Waals surface area (Å²) in [6.45, 7) is 18.1. The Labute approximate surface area is 376 Å². The minimum Gasteiger partial charge on any atom is -0.497 e. The third kappa shape index (κ3) is 12.1. The van der Waals surface area contributed by atoms with Crippen LogP contribution in [0.1, 0.15) is 49.7 Å². The molecule has 6 aromatic rings. The molecule has 4 aromatic carbocycles. The summed E-state index contributed by atoms with van der Waals surface area (Å²) in [6.07, 6.45) is 2.13. The lowest BCUT2D eigenvalue weighted by atomic mass is 10.1. The molecular formula is C48H58Cl2N4O6Si2. The fraction of sp³-hybridized carbons (Fsp3) is 0.333. The smallest absolute Gasteiger partial charge is 0.262 e. The Balaban J connectivity index is 0.000000235. The molecule has 0 spiro atoms. The van der Waals surface area contributed by atoms with Gasteiger partial charge in [0.15, 0.2) is 0 Å². The standard InChI is InChI=1S/C25H31ClN2O3Si.C23H27ClN2O3Si/c1-17-21(16-24(29)27-13-6-14-32(3,4)5)22-15-20(31-2)11-12-23(22)28(17)25(30)18-7-9-19(26)10-8-18;1-15-19(13-22(27)25-14-30(3,4)5)20-12-18(29-2)10-11-21(20)26(15)23(28)16-6-8-17(24)9-7-16/h7-12,15H,6,13-14,16H2,1-5H3,(H,27,29);6-12H,13-14H2,1-5H3,(H,25,27). The molecule has 0 aliphatic rings. The van der Waals surface area contributed by atoms with Gasteiger partial charge in [0.2, 0.25) is 11.8 Å². The molecular weight excluding hydrogens is 856 g/mol. The molecule has 0 fully saturated rings. The number of amides is 2. The first kappa shape index (κ1) is 47.9. The summed E-state index contributed by atoms with van der Waals surface area (Å²) in [6, 6.07) is 26.0. The third-order valence-corrected chi connectivity index (χ3v) is 14.2. The Morgan fingerprint density at radius 2 is 0.984 bits per heavy atom. The molecule has 0 saturated heterocycles. The molecule has 14 heteroatoms. The number of benzene rings is 4. The van der Waals surface area contributed by atoms with Crippen LogP contribution in [0.15, 0.2) is 84.9 Å². The molecule has 2 amide bonds. The normalized spacial score (nSPS) is 11.5. The number of rotatable bonds is 14. The maximum Gasteiger partial charge on any atom is 0.262 e. The van der Waals surface area contributed by atoms with Crippen molar-refractivity contribution in [1.29, 1.82) is 0 Å². The van der Waals surface area contributed by atoms with Gasteiger partial charge in [-0.3, -0.25) is 28.3 Å². The zero-order valence-electron chi connectivity index (χ0n) is 37.4. The van der Waals surface area contributed by atoms with Crippen molar-refractivity contribution in [2.75, 3.05) is 26.9 Å². The summed E-state index contributed by atoms with van der Waals surface area (Å²) in [5.41, 5.74) is 5.75. The van der Waals surface area contributed by atoms with Crippen LogP contribution in [0.5, 0.6) is 11.5 Å². The number of fused-ring (bicyclic) bond motifs is 2. The molecule has 2 aromatic heterocycles. The average molecular weight is 914 g/mol. The van der Waals surface area contributed by atoms with Crippen LogP contribution in [0, 0.1) is 13.8 Å². The van der Waals surface area contributed by atoms with E-state index in [0.717, 1.165) is 56.9 Å². The first-order valence-electron chi connectivity index (χ1n) is 20.7. The summed E-state index contributed by atoms with van der Waals surface area (Å²) >= 11 is 12.0. The van der Waals surface area contributed by atoms with Gasteiger partial charge >= 0.3 is 0 Å². The highest BCUT2D eigenvalue weighted by molar-refractivity contribution is 6.76. The molecule has 2 heterocycles. The summed E-state index contributed by atoms with van der Waals surface area (Å²) < 4.78 is 14.1. The molecule has 0 atom stereocenters. The van der Waals surface area contributed by atoms with Crippen molar-refractivity contribution in [2.45, 2.75) is 78.4 Å². The van der Waals surface area contributed by atoms with Gasteiger partial charge in [0.25, 0.3) is 11.8 Å². The van der Waals surface area contributed by atoms with Gasteiger partial charge in [-0.2, -0.15) is 0 Å². The van der Waals surface area contributed by atoms with Crippen LogP contribution < -0.4 is 20.1 Å². The minimum atomic E-state index is -1.40. The van der Waals surface area contributed by atoms with E-state index in [1.54, 1.807) is 71.9 Å². The van der Waals surface area contributed by atoms with E-state index in [4.69, 9.17) is 32.7 Å². The Morgan fingerprint density at radius 1 is 0.581 bits per heavy atom. The molecule has 0 saturated carbocycles. The van der Waals surface area contributed by atoms with Gasteiger partial charge in [-0.1, -0.05) is 68.5 Å². The summed E-state index contributed by atoms with van der Waals surface area (Å²) in [5, 5.41) is 8.94. The van der Waals surface area contributed by atoms with Crippen molar-refractivity contribution in [3.63, 3.8) is 0 Å². The van der Waals surface area contributed by atoms with E-state index >= 15 is 0 Å². The van der Waals surface area contributed by atoms with Gasteiger partial charge in [-0.25, -0.2) is 0 Å². The van der Waals surface area contributed by atoms with Gasteiger partial charge in [0, 0.05) is 64.1 Å². The SMILES string of the molecule is COc1ccc2c(c1)c(CC(=O)NCCC[Si](C)(C)C)c(C)n2C(=O)c1ccc(Cl)cc1.COc1ccc2c(c1)c(CC(=O)NC[Si](C)(C)C)c(C)n2C(=O)c1ccc(Cl)cc1. The molecule has 0 bridgehead atoms. The second kappa shape index (κ2) is 20.4. The van der Waals surface area contributed by atoms with Crippen molar-refractivity contribution in [3.8, 4) is 11.5 Å². The lowest BCUT2D eigenvalue weighted by Crippen LogP contribution is -2.40. The predicted molar refractivity (Wildman–Crippen MR) is 258 cm³/mol. The number of methoxy groups -OCH3 is 2. The van der Waals surface area contributed by atoms with E-state index in [2.05, 4.69) is 49.9 Å². The highest BCUT2D eigenvalue weighted by Crippen LogP contribution is 2.32. The van der Waals surface area contributed by atoms with Crippen LogP contribution >= 0.6 is 23.2 Å². The first-order valence-corrected chi connectivity index (χ1v) is 28.9. The molecule has 0 aliphatic carbocycles. The van der Waals surface area contributed by atoms with Gasteiger partial charge in [-0.15, -0.1) is 0 Å². The number of aromatic nitrogens is 2. The largest absolute Gasteiger partial charge is 0.497 e. The first-order chi connectivity index (χ1) is 29.2. The quantitative estimate of drug-likeness (QED) is 0.0829. The molecule has 6 rings (SSSR count). The second-order valence-corrected chi connectivity index (χ2v) is 29.9. The third-order valence-electron chi connectivity index (χ3n) is 10.6. The second-order valence-electron chi connectivity index (χ2n) is 17.9. The Hall–Kier alpha value is -5.15. The van der Waals surface area contributed by atoms with Crippen LogP contribution in [-0.2, 0) is 22.4 Å². The van der Waals surface area contributed by atoms with Gasteiger partial charge in [0.05, 0.1) is 46.2 Å². The van der Waals surface area contributed by atoms with E-state index in [9.17, 15) is 19.2 Å². The van der Waals surface area contributed by atoms with Crippen molar-refractivity contribution in [3.05, 3.63) is 129 Å². The van der Waals surface area contributed by atoms with Gasteiger partial charge in [0.1, 0.15) is 11.5 Å². The lowest BCUT2D eigenvalue weighted by Gasteiger charge is -2.16. The summed E-state index contributed by atoms with van der Waals surface area (Å²) in [4.78, 5) is 52.0. The molecule has 62 heavy (non-hydrogen) atoms. The predicted octanol–water partition coefficient (Wildman–Crippen LogP) is 10.5. The van der Waals surface area contributed by atoms with E-state index in [0.29, 0.717) is 39.2 Å². The number of carbonyl (C=O) groups is 4. The molecule has 10 nitrogen and oxygen atoms in total. The number of hydrogen-bond acceptors (Lipinski definition) is 6. The number of carbonyl (C=O) groups excluding carboxylic acids is 4. The molecule has 0 unspecified atom stereocenters. The van der Waals surface area contributed by atoms with Gasteiger partial charge in [-0.05, 0) is 116 Å². The maximum atomic E-state index is 13.3. The van der Waals surface area contributed by atoms with E-state index in [1.807, 2.05) is 50.2 Å². The minimum absolute atomic E-state index is 0.0375. The van der Waals surface area contributed by atoms with E-state index in [-0.39, 0.29) is 36.5 Å². The Kier molecular flexibility index (Phi) is 15.7. The summed E-state index contributed by atoms with van der Waals surface area (Å²) in [7, 11) is 0.686. The van der Waals surface area contributed by atoms with Crippen molar-refractivity contribution in [2.24, 2.45) is 0 Å². The number of nitrogens with one attached hydrogen (secondary N) is 2. The molecule has 0 aliphatic heterocycles. The maximum absolute atomic E-state index is 13.3. The zero-order valence-corrected chi connectivity index (χ0v) is 40.9. The van der Waals surface area contributed by atoms with Crippen molar-refractivity contribution < 1.29 is 28.7 Å².